The number of fused-ring (bicyclic) bond motifs is 1. The van der Waals surface area contributed by atoms with Crippen LogP contribution in [0.2, 0.25) is 0 Å². The van der Waals surface area contributed by atoms with Crippen LogP contribution in [0, 0.1) is 17.6 Å². The van der Waals surface area contributed by atoms with Crippen molar-refractivity contribution in [3.63, 3.8) is 0 Å². The van der Waals surface area contributed by atoms with Crippen LogP contribution < -0.4 is 20.1 Å². The van der Waals surface area contributed by atoms with Crippen molar-refractivity contribution < 1.29 is 45.8 Å². The highest BCUT2D eigenvalue weighted by atomic mass is 32.1. The summed E-state index contributed by atoms with van der Waals surface area (Å²) < 4.78 is 81.7. The van der Waals surface area contributed by atoms with Crippen molar-refractivity contribution in [2.24, 2.45) is 5.92 Å². The molecular formula is C27H20F5N3O5S. The zero-order valence-electron chi connectivity index (χ0n) is 20.9. The molecule has 2 amide bonds. The van der Waals surface area contributed by atoms with Gasteiger partial charge in [0.05, 0.1) is 34.8 Å². The molecule has 1 aromatic heterocycles. The minimum absolute atomic E-state index is 0.00878. The molecule has 1 aliphatic heterocycles. The number of carbonyl (C=O) groups is 2. The number of hydrogen-bond donors (Lipinski definition) is 2. The third-order valence-corrected chi connectivity index (χ3v) is 6.84. The molecular weight excluding hydrogens is 573 g/mol. The maximum absolute atomic E-state index is 14.8. The van der Waals surface area contributed by atoms with Crippen molar-refractivity contribution >= 4 is 44.2 Å². The molecule has 3 aromatic carbocycles. The predicted molar refractivity (Wildman–Crippen MR) is 139 cm³/mol. The first kappa shape index (κ1) is 28.2. The number of thiazole rings is 1. The minimum atomic E-state index is -4.89. The van der Waals surface area contributed by atoms with Gasteiger partial charge in [0.15, 0.2) is 16.7 Å². The lowest BCUT2D eigenvalue weighted by Gasteiger charge is -2.12. The van der Waals surface area contributed by atoms with E-state index in [9.17, 15) is 31.5 Å². The molecule has 5 rings (SSSR count). The van der Waals surface area contributed by atoms with E-state index in [2.05, 4.69) is 20.4 Å². The van der Waals surface area contributed by atoms with Crippen LogP contribution in [-0.4, -0.2) is 36.4 Å². The normalized spacial score (nSPS) is 15.1. The number of amides is 2. The number of aromatic nitrogens is 1. The van der Waals surface area contributed by atoms with E-state index in [4.69, 9.17) is 9.47 Å². The summed E-state index contributed by atoms with van der Waals surface area (Å²) in [6.07, 6.45) is -4.66. The van der Waals surface area contributed by atoms with Gasteiger partial charge < -0.3 is 24.8 Å². The number of benzene rings is 3. The van der Waals surface area contributed by atoms with E-state index >= 15 is 0 Å². The van der Waals surface area contributed by atoms with Gasteiger partial charge in [0.1, 0.15) is 17.3 Å². The van der Waals surface area contributed by atoms with Crippen molar-refractivity contribution in [3.05, 3.63) is 71.8 Å². The Morgan fingerprint density at radius 1 is 1.02 bits per heavy atom. The summed E-state index contributed by atoms with van der Waals surface area (Å²) in [6, 6.07) is 10.7. The monoisotopic (exact) mass is 593 g/mol. The van der Waals surface area contributed by atoms with Crippen molar-refractivity contribution in [1.29, 1.82) is 0 Å². The molecule has 1 aliphatic rings. The van der Waals surface area contributed by atoms with Gasteiger partial charge in [-0.15, -0.1) is 13.2 Å². The van der Waals surface area contributed by atoms with Crippen LogP contribution in [0.1, 0.15) is 12.0 Å². The number of rotatable bonds is 8. The van der Waals surface area contributed by atoms with Gasteiger partial charge >= 0.3 is 6.36 Å². The average molecular weight is 594 g/mol. The maximum Gasteiger partial charge on any atom is 0.573 e. The zero-order chi connectivity index (χ0) is 29.1. The van der Waals surface area contributed by atoms with Crippen LogP contribution in [0.5, 0.6) is 17.2 Å². The number of nitrogens with one attached hydrogen (secondary N) is 2. The first-order valence-corrected chi connectivity index (χ1v) is 12.9. The Morgan fingerprint density at radius 2 is 1.85 bits per heavy atom. The van der Waals surface area contributed by atoms with Crippen molar-refractivity contribution in [3.8, 4) is 17.2 Å². The lowest BCUT2D eigenvalue weighted by molar-refractivity contribution is -0.274. The lowest BCUT2D eigenvalue weighted by Crippen LogP contribution is -2.22. The molecule has 2 N–H and O–H groups in total. The van der Waals surface area contributed by atoms with E-state index in [1.54, 1.807) is 0 Å². The van der Waals surface area contributed by atoms with Gasteiger partial charge in [-0.1, -0.05) is 23.5 Å². The number of hydrogen-bond acceptors (Lipinski definition) is 7. The summed E-state index contributed by atoms with van der Waals surface area (Å²) in [7, 11) is 0. The molecule has 8 nitrogen and oxygen atoms in total. The van der Waals surface area contributed by atoms with Crippen molar-refractivity contribution in [2.75, 3.05) is 23.8 Å². The SMILES string of the molecule is O=C(Cc1cccc(OC(F)(F)F)c1)Nc1cc(Oc2cc3nc(NC(=O)C4CCOC4)sc3cc2F)ccc1F. The third kappa shape index (κ3) is 7.27. The average Bonchev–Trinajstić information content (AvgIpc) is 3.55. The zero-order valence-corrected chi connectivity index (χ0v) is 21.7. The summed E-state index contributed by atoms with van der Waals surface area (Å²) >= 11 is 1.09. The number of nitrogens with zero attached hydrogens (tertiary/aromatic N) is 1. The van der Waals surface area contributed by atoms with Crippen LogP contribution in [-0.2, 0) is 20.7 Å². The molecule has 1 atom stereocenters. The highest BCUT2D eigenvalue weighted by Gasteiger charge is 2.31. The van der Waals surface area contributed by atoms with Crippen LogP contribution in [0.4, 0.5) is 32.8 Å². The fraction of sp³-hybridized carbons (Fsp3) is 0.222. The molecule has 214 valence electrons. The number of alkyl halides is 3. The van der Waals surface area contributed by atoms with E-state index in [-0.39, 0.29) is 46.1 Å². The highest BCUT2D eigenvalue weighted by Crippen LogP contribution is 2.35. The maximum atomic E-state index is 14.8. The number of carbonyl (C=O) groups excluding carboxylic acids is 2. The van der Waals surface area contributed by atoms with Gasteiger partial charge in [0.2, 0.25) is 11.8 Å². The Morgan fingerprint density at radius 3 is 2.61 bits per heavy atom. The number of anilines is 2. The van der Waals surface area contributed by atoms with Gasteiger partial charge in [0.25, 0.3) is 0 Å². The second-order valence-electron chi connectivity index (χ2n) is 8.98. The second kappa shape index (κ2) is 11.7. The molecule has 2 heterocycles. The molecule has 0 aliphatic carbocycles. The molecule has 1 unspecified atom stereocenters. The molecule has 0 radical (unpaired) electrons. The van der Waals surface area contributed by atoms with Crippen LogP contribution in [0.25, 0.3) is 10.2 Å². The summed E-state index contributed by atoms with van der Waals surface area (Å²) in [5.74, 6) is -3.52. The Kier molecular flexibility index (Phi) is 8.03. The molecule has 1 saturated heterocycles. The van der Waals surface area contributed by atoms with Gasteiger partial charge in [-0.25, -0.2) is 13.8 Å². The Labute approximate surface area is 233 Å². The van der Waals surface area contributed by atoms with Crippen LogP contribution in [0.3, 0.4) is 0 Å². The molecule has 0 bridgehead atoms. The standard InChI is InChI=1S/C27H20F5N3O5S/c28-18-5-4-16(10-20(18)33-24(36)9-14-2-1-3-17(8-14)40-27(30,31)32)39-22-12-21-23(11-19(22)29)41-26(34-21)35-25(37)15-6-7-38-13-15/h1-5,8,10-12,15H,6-7,9,13H2,(H,33,36)(H,34,35,37). The molecule has 14 heteroatoms. The summed E-state index contributed by atoms with van der Waals surface area (Å²) in [5.41, 5.74) is 0.269. The van der Waals surface area contributed by atoms with Gasteiger partial charge in [0, 0.05) is 18.7 Å². The quantitative estimate of drug-likeness (QED) is 0.229. The topological polar surface area (TPSA) is 98.8 Å². The highest BCUT2D eigenvalue weighted by molar-refractivity contribution is 7.22. The summed E-state index contributed by atoms with van der Waals surface area (Å²) in [4.78, 5) is 29.1. The van der Waals surface area contributed by atoms with Crippen LogP contribution in [0.15, 0.2) is 54.6 Å². The first-order chi connectivity index (χ1) is 19.5. The van der Waals surface area contributed by atoms with E-state index in [1.165, 1.54) is 30.3 Å². The predicted octanol–water partition coefficient (Wildman–Crippen LogP) is 6.42. The van der Waals surface area contributed by atoms with Gasteiger partial charge in [-0.3, -0.25) is 9.59 Å². The van der Waals surface area contributed by atoms with Crippen molar-refractivity contribution in [1.82, 2.24) is 4.98 Å². The largest absolute Gasteiger partial charge is 0.573 e. The van der Waals surface area contributed by atoms with E-state index in [0.29, 0.717) is 29.9 Å². The van der Waals surface area contributed by atoms with Gasteiger partial charge in [-0.2, -0.15) is 0 Å². The molecule has 41 heavy (non-hydrogen) atoms. The van der Waals surface area contributed by atoms with E-state index in [0.717, 1.165) is 35.6 Å². The van der Waals surface area contributed by atoms with Gasteiger partial charge in [-0.05, 0) is 42.3 Å². The summed E-state index contributed by atoms with van der Waals surface area (Å²) in [5, 5.41) is 5.33. The Balaban J connectivity index is 1.27. The first-order valence-electron chi connectivity index (χ1n) is 12.1. The van der Waals surface area contributed by atoms with Crippen molar-refractivity contribution in [2.45, 2.75) is 19.2 Å². The molecule has 1 fully saturated rings. The Bertz CT molecular complexity index is 1600. The summed E-state index contributed by atoms with van der Waals surface area (Å²) in [6.45, 7) is 0.834. The lowest BCUT2D eigenvalue weighted by atomic mass is 10.1. The van der Waals surface area contributed by atoms with E-state index < -0.39 is 29.7 Å². The minimum Gasteiger partial charge on any atom is -0.454 e. The molecule has 4 aromatic rings. The third-order valence-electron chi connectivity index (χ3n) is 5.91. The number of halogens is 5. The fourth-order valence-corrected chi connectivity index (χ4v) is 4.91. The fourth-order valence-electron chi connectivity index (χ4n) is 4.03. The van der Waals surface area contributed by atoms with E-state index in [1.807, 2.05) is 0 Å². The second-order valence-corrected chi connectivity index (χ2v) is 10.0. The Hall–Kier alpha value is -4.30. The molecule has 0 saturated carbocycles. The van der Waals surface area contributed by atoms with Crippen LogP contribution >= 0.6 is 11.3 Å². The molecule has 0 spiro atoms. The smallest absolute Gasteiger partial charge is 0.454 e. The number of ether oxygens (including phenoxy) is 3.